The molecule has 2 aliphatic rings. The van der Waals surface area contributed by atoms with Gasteiger partial charge in [-0.3, -0.25) is 0 Å². The van der Waals surface area contributed by atoms with Gasteiger partial charge in [-0.05, 0) is 48.9 Å². The van der Waals surface area contributed by atoms with Crippen molar-refractivity contribution in [1.82, 2.24) is 5.32 Å². The van der Waals surface area contributed by atoms with Gasteiger partial charge in [0.2, 0.25) is 0 Å². The van der Waals surface area contributed by atoms with Crippen LogP contribution < -0.4 is 5.32 Å². The van der Waals surface area contributed by atoms with E-state index in [-0.39, 0.29) is 17.8 Å². The number of hydrogen-bond donors (Lipinski definition) is 1. The number of sulfone groups is 1. The van der Waals surface area contributed by atoms with Crippen LogP contribution >= 0.6 is 0 Å². The summed E-state index contributed by atoms with van der Waals surface area (Å²) in [5.74, 6) is 0.700. The number of benzene rings is 1. The second-order valence-electron chi connectivity index (χ2n) is 5.58. The largest absolute Gasteiger partial charge is 0.310 e. The molecule has 1 aromatic rings. The van der Waals surface area contributed by atoms with Crippen LogP contribution in [-0.4, -0.2) is 26.5 Å². The first-order chi connectivity index (χ1) is 9.05. The molecule has 0 amide bonds. The summed E-state index contributed by atoms with van der Waals surface area (Å²) >= 11 is 0. The Bertz CT molecular complexity index is 585. The highest BCUT2D eigenvalue weighted by molar-refractivity contribution is 7.91. The first kappa shape index (κ1) is 13.1. The molecule has 3 nitrogen and oxygen atoms in total. The summed E-state index contributed by atoms with van der Waals surface area (Å²) in [7, 11) is -2.81. The van der Waals surface area contributed by atoms with Crippen molar-refractivity contribution in [2.45, 2.75) is 25.3 Å². The van der Waals surface area contributed by atoms with E-state index in [0.717, 1.165) is 30.4 Å². The first-order valence-electron chi connectivity index (χ1n) is 6.76. The average molecular weight is 283 g/mol. The van der Waals surface area contributed by atoms with Gasteiger partial charge in [0.25, 0.3) is 0 Å². The van der Waals surface area contributed by atoms with Crippen molar-refractivity contribution in [2.24, 2.45) is 5.92 Å². The van der Waals surface area contributed by atoms with E-state index in [1.54, 1.807) is 6.07 Å². The van der Waals surface area contributed by atoms with Gasteiger partial charge in [0.05, 0.1) is 11.5 Å². The Labute approximate surface area is 113 Å². The normalized spacial score (nSPS) is 28.5. The molecule has 0 saturated carbocycles. The van der Waals surface area contributed by atoms with Crippen LogP contribution in [0.25, 0.3) is 0 Å². The van der Waals surface area contributed by atoms with Crippen LogP contribution in [0.2, 0.25) is 0 Å². The third-order valence-electron chi connectivity index (χ3n) is 4.19. The fraction of sp³-hybridized carbons (Fsp3) is 0.571. The second-order valence-corrected chi connectivity index (χ2v) is 7.80. The van der Waals surface area contributed by atoms with Gasteiger partial charge in [-0.25, -0.2) is 12.8 Å². The molecule has 1 fully saturated rings. The van der Waals surface area contributed by atoms with Crippen LogP contribution in [-0.2, 0) is 16.3 Å². The van der Waals surface area contributed by atoms with E-state index in [4.69, 9.17) is 0 Å². The number of hydrogen-bond acceptors (Lipinski definition) is 3. The summed E-state index contributed by atoms with van der Waals surface area (Å²) in [6.45, 7) is 0.708. The van der Waals surface area contributed by atoms with Gasteiger partial charge in [0, 0.05) is 6.04 Å². The van der Waals surface area contributed by atoms with E-state index in [9.17, 15) is 12.8 Å². The summed E-state index contributed by atoms with van der Waals surface area (Å²) in [5, 5.41) is 3.41. The summed E-state index contributed by atoms with van der Waals surface area (Å²) in [6, 6.07) is 5.39. The first-order valence-corrected chi connectivity index (χ1v) is 8.58. The summed E-state index contributed by atoms with van der Waals surface area (Å²) in [5.41, 5.74) is 1.86. The van der Waals surface area contributed by atoms with Gasteiger partial charge in [-0.15, -0.1) is 0 Å². The molecule has 1 heterocycles. The molecule has 0 radical (unpaired) electrons. The predicted octanol–water partition coefficient (Wildman–Crippen LogP) is 1.84. The summed E-state index contributed by atoms with van der Waals surface area (Å²) in [6.07, 6.45) is 2.41. The van der Waals surface area contributed by atoms with Crippen molar-refractivity contribution in [2.75, 3.05) is 18.1 Å². The van der Waals surface area contributed by atoms with Crippen molar-refractivity contribution < 1.29 is 12.8 Å². The van der Waals surface area contributed by atoms with Crippen molar-refractivity contribution >= 4 is 9.84 Å². The number of rotatable bonds is 3. The maximum Gasteiger partial charge on any atom is 0.150 e. The maximum absolute atomic E-state index is 13.6. The predicted molar refractivity (Wildman–Crippen MR) is 72.2 cm³/mol. The van der Waals surface area contributed by atoms with Gasteiger partial charge in [0.1, 0.15) is 5.82 Å². The third kappa shape index (κ3) is 2.67. The van der Waals surface area contributed by atoms with Crippen molar-refractivity contribution in [3.8, 4) is 0 Å². The van der Waals surface area contributed by atoms with Crippen LogP contribution in [0.4, 0.5) is 4.39 Å². The van der Waals surface area contributed by atoms with Gasteiger partial charge in [-0.2, -0.15) is 0 Å². The molecule has 1 N–H and O–H groups in total. The standard InChI is InChI=1S/C14H18FNO2S/c15-13-3-1-2-12-11(13)4-5-14(12)16-8-10-6-7-19(17,18)9-10/h1-3,10,14,16H,4-9H2. The van der Waals surface area contributed by atoms with Crippen molar-refractivity contribution in [1.29, 1.82) is 0 Å². The monoisotopic (exact) mass is 283 g/mol. The van der Waals surface area contributed by atoms with E-state index in [1.807, 2.05) is 6.07 Å². The molecule has 0 bridgehead atoms. The van der Waals surface area contributed by atoms with Crippen LogP contribution in [0.1, 0.15) is 30.0 Å². The molecular formula is C14H18FNO2S. The lowest BCUT2D eigenvalue weighted by molar-refractivity contribution is 0.456. The Morgan fingerprint density at radius 3 is 2.89 bits per heavy atom. The topological polar surface area (TPSA) is 46.2 Å². The lowest BCUT2D eigenvalue weighted by Gasteiger charge is -2.16. The summed E-state index contributed by atoms with van der Waals surface area (Å²) in [4.78, 5) is 0. The third-order valence-corrected chi connectivity index (χ3v) is 6.03. The molecular weight excluding hydrogens is 265 g/mol. The zero-order valence-electron chi connectivity index (χ0n) is 10.7. The Morgan fingerprint density at radius 2 is 2.16 bits per heavy atom. The molecule has 5 heteroatoms. The number of halogens is 1. The minimum atomic E-state index is -2.81. The minimum Gasteiger partial charge on any atom is -0.310 e. The zero-order chi connectivity index (χ0) is 13.5. The number of fused-ring (bicyclic) bond motifs is 1. The van der Waals surface area contributed by atoms with E-state index in [2.05, 4.69) is 5.32 Å². The fourth-order valence-corrected chi connectivity index (χ4v) is 5.03. The van der Waals surface area contributed by atoms with Gasteiger partial charge in [0.15, 0.2) is 9.84 Å². The maximum atomic E-state index is 13.6. The SMILES string of the molecule is O=S1(=O)CCC(CNC2CCc3c(F)cccc32)C1. The van der Waals surface area contributed by atoms with Crippen LogP contribution in [0, 0.1) is 11.7 Å². The van der Waals surface area contributed by atoms with Gasteiger partial charge < -0.3 is 5.32 Å². The van der Waals surface area contributed by atoms with Gasteiger partial charge in [-0.1, -0.05) is 12.1 Å². The van der Waals surface area contributed by atoms with Crippen LogP contribution in [0.15, 0.2) is 18.2 Å². The molecule has 0 aromatic heterocycles. The van der Waals surface area contributed by atoms with Gasteiger partial charge >= 0.3 is 0 Å². The Hall–Kier alpha value is -0.940. The zero-order valence-corrected chi connectivity index (χ0v) is 11.5. The highest BCUT2D eigenvalue weighted by Gasteiger charge is 2.30. The minimum absolute atomic E-state index is 0.120. The fourth-order valence-electron chi connectivity index (χ4n) is 3.16. The van der Waals surface area contributed by atoms with Crippen molar-refractivity contribution in [3.63, 3.8) is 0 Å². The molecule has 104 valence electrons. The molecule has 1 aromatic carbocycles. The average Bonchev–Trinajstić information content (AvgIpc) is 2.91. The summed E-state index contributed by atoms with van der Waals surface area (Å²) < 4.78 is 36.4. The Morgan fingerprint density at radius 1 is 1.32 bits per heavy atom. The highest BCUT2D eigenvalue weighted by atomic mass is 32.2. The van der Waals surface area contributed by atoms with Crippen LogP contribution in [0.3, 0.4) is 0 Å². The molecule has 2 atom stereocenters. The second kappa shape index (κ2) is 4.87. The van der Waals surface area contributed by atoms with E-state index in [1.165, 1.54) is 6.07 Å². The molecule has 1 saturated heterocycles. The van der Waals surface area contributed by atoms with E-state index >= 15 is 0 Å². The van der Waals surface area contributed by atoms with E-state index < -0.39 is 9.84 Å². The highest BCUT2D eigenvalue weighted by Crippen LogP contribution is 2.33. The molecule has 1 aliphatic heterocycles. The quantitative estimate of drug-likeness (QED) is 0.920. The lowest BCUT2D eigenvalue weighted by atomic mass is 10.1. The Balaban J connectivity index is 1.63. The molecule has 0 spiro atoms. The number of nitrogens with one attached hydrogen (secondary N) is 1. The molecule has 19 heavy (non-hydrogen) atoms. The molecule has 1 aliphatic carbocycles. The smallest absolute Gasteiger partial charge is 0.150 e. The Kier molecular flexibility index (Phi) is 3.35. The van der Waals surface area contributed by atoms with Crippen LogP contribution in [0.5, 0.6) is 0 Å². The molecule has 3 rings (SSSR count). The lowest BCUT2D eigenvalue weighted by Crippen LogP contribution is -2.26. The molecule has 2 unspecified atom stereocenters. The van der Waals surface area contributed by atoms with Crippen molar-refractivity contribution in [3.05, 3.63) is 35.1 Å². The van der Waals surface area contributed by atoms with E-state index in [0.29, 0.717) is 18.1 Å².